The molecule has 0 saturated heterocycles. The van der Waals surface area contributed by atoms with Gasteiger partial charge in [0.05, 0.1) is 22.7 Å². The van der Waals surface area contributed by atoms with Crippen LogP contribution in [0.3, 0.4) is 0 Å². The molecule has 0 radical (unpaired) electrons. The highest BCUT2D eigenvalue weighted by molar-refractivity contribution is 7.90. The number of rotatable bonds is 5. The van der Waals surface area contributed by atoms with Crippen molar-refractivity contribution < 1.29 is 13.2 Å². The fourth-order valence-corrected chi connectivity index (χ4v) is 3.59. The van der Waals surface area contributed by atoms with Gasteiger partial charge in [0.15, 0.2) is 9.84 Å². The molecule has 1 unspecified atom stereocenters. The van der Waals surface area contributed by atoms with E-state index < -0.39 is 15.7 Å². The lowest BCUT2D eigenvalue weighted by Crippen LogP contribution is -2.12. The monoisotopic (exact) mass is 403 g/mol. The Balaban J connectivity index is 1.80. The van der Waals surface area contributed by atoms with E-state index in [1.54, 1.807) is 10.9 Å². The largest absolute Gasteiger partial charge is 0.322 e. The van der Waals surface area contributed by atoms with Crippen molar-refractivity contribution in [2.75, 3.05) is 11.6 Å². The molecule has 2 aromatic carbocycles. The SMILES string of the molecule is CC(c1ccccc1)n1cc(C(=O)Nc2cc(Cl)cc(S(C)(=O)=O)c2)cn1. The third kappa shape index (κ3) is 4.56. The number of benzene rings is 2. The van der Waals surface area contributed by atoms with E-state index in [2.05, 4.69) is 10.4 Å². The summed E-state index contributed by atoms with van der Waals surface area (Å²) >= 11 is 5.97. The first kappa shape index (κ1) is 19.1. The lowest BCUT2D eigenvalue weighted by Gasteiger charge is -2.12. The molecular formula is C19H18ClN3O3S. The van der Waals surface area contributed by atoms with Crippen LogP contribution in [0.4, 0.5) is 5.69 Å². The van der Waals surface area contributed by atoms with E-state index in [1.165, 1.54) is 24.4 Å². The van der Waals surface area contributed by atoms with E-state index in [-0.39, 0.29) is 16.0 Å². The average Bonchev–Trinajstić information content (AvgIpc) is 3.11. The molecular weight excluding hydrogens is 386 g/mol. The van der Waals surface area contributed by atoms with Crippen LogP contribution in [0, 0.1) is 0 Å². The first-order chi connectivity index (χ1) is 12.7. The number of hydrogen-bond donors (Lipinski definition) is 1. The quantitative estimate of drug-likeness (QED) is 0.702. The summed E-state index contributed by atoms with van der Waals surface area (Å²) in [7, 11) is -3.44. The van der Waals surface area contributed by atoms with Gasteiger partial charge in [0.2, 0.25) is 0 Å². The van der Waals surface area contributed by atoms with Crippen molar-refractivity contribution in [3.8, 4) is 0 Å². The van der Waals surface area contributed by atoms with E-state index in [4.69, 9.17) is 11.6 Å². The minimum Gasteiger partial charge on any atom is -0.322 e. The first-order valence-corrected chi connectivity index (χ1v) is 10.4. The lowest BCUT2D eigenvalue weighted by molar-refractivity contribution is 0.102. The molecule has 8 heteroatoms. The number of sulfone groups is 1. The number of anilines is 1. The normalized spacial score (nSPS) is 12.6. The van der Waals surface area contributed by atoms with Crippen LogP contribution in [-0.2, 0) is 9.84 Å². The molecule has 0 fully saturated rings. The van der Waals surface area contributed by atoms with Crippen LogP contribution in [0.25, 0.3) is 0 Å². The van der Waals surface area contributed by atoms with Crippen LogP contribution in [-0.4, -0.2) is 30.4 Å². The minimum absolute atomic E-state index is 0.0317. The predicted molar refractivity (Wildman–Crippen MR) is 105 cm³/mol. The molecule has 3 rings (SSSR count). The van der Waals surface area contributed by atoms with Gasteiger partial charge in [-0.2, -0.15) is 5.10 Å². The van der Waals surface area contributed by atoms with E-state index in [0.29, 0.717) is 11.3 Å². The third-order valence-electron chi connectivity index (χ3n) is 4.10. The van der Waals surface area contributed by atoms with Crippen molar-refractivity contribution in [2.24, 2.45) is 0 Å². The van der Waals surface area contributed by atoms with Crippen molar-refractivity contribution in [1.82, 2.24) is 9.78 Å². The Hall–Kier alpha value is -2.64. The second-order valence-corrected chi connectivity index (χ2v) is 8.65. The Morgan fingerprint density at radius 1 is 1.19 bits per heavy atom. The lowest BCUT2D eigenvalue weighted by atomic mass is 10.1. The highest BCUT2D eigenvalue weighted by atomic mass is 35.5. The van der Waals surface area contributed by atoms with Gasteiger partial charge in [-0.3, -0.25) is 9.48 Å². The Bertz CT molecular complexity index is 1080. The summed E-state index contributed by atoms with van der Waals surface area (Å²) in [6, 6.07) is 14.0. The summed E-state index contributed by atoms with van der Waals surface area (Å²) in [4.78, 5) is 12.5. The molecule has 140 valence electrons. The molecule has 0 aliphatic rings. The summed E-state index contributed by atoms with van der Waals surface area (Å²) in [6.45, 7) is 1.99. The molecule has 0 bridgehead atoms. The zero-order valence-electron chi connectivity index (χ0n) is 14.8. The van der Waals surface area contributed by atoms with Crippen LogP contribution in [0.5, 0.6) is 0 Å². The van der Waals surface area contributed by atoms with E-state index >= 15 is 0 Å². The number of aromatic nitrogens is 2. The highest BCUT2D eigenvalue weighted by Gasteiger charge is 2.15. The van der Waals surface area contributed by atoms with Crippen molar-refractivity contribution in [1.29, 1.82) is 0 Å². The summed E-state index contributed by atoms with van der Waals surface area (Å²) in [6.07, 6.45) is 4.20. The van der Waals surface area contributed by atoms with Gasteiger partial charge in [-0.1, -0.05) is 41.9 Å². The standard InChI is InChI=1S/C19H18ClN3O3S/c1-13(14-6-4-3-5-7-14)23-12-15(11-21-23)19(24)22-17-8-16(20)9-18(10-17)27(2,25)26/h3-13H,1-2H3,(H,22,24). The Morgan fingerprint density at radius 3 is 2.56 bits per heavy atom. The number of nitrogens with one attached hydrogen (secondary N) is 1. The van der Waals surface area contributed by atoms with Crippen LogP contribution >= 0.6 is 11.6 Å². The summed E-state index contributed by atoms with van der Waals surface area (Å²) in [5, 5.41) is 7.15. The third-order valence-corrected chi connectivity index (χ3v) is 5.41. The number of amides is 1. The molecule has 27 heavy (non-hydrogen) atoms. The highest BCUT2D eigenvalue weighted by Crippen LogP contribution is 2.23. The van der Waals surface area contributed by atoms with Crippen LogP contribution in [0.1, 0.15) is 28.9 Å². The van der Waals surface area contributed by atoms with Crippen molar-refractivity contribution in [3.63, 3.8) is 0 Å². The molecule has 1 aromatic heterocycles. The Morgan fingerprint density at radius 2 is 1.89 bits per heavy atom. The summed E-state index contributed by atoms with van der Waals surface area (Å²) < 4.78 is 25.1. The van der Waals surface area contributed by atoms with Crippen LogP contribution in [0.15, 0.2) is 65.8 Å². The number of nitrogens with zero attached hydrogens (tertiary/aromatic N) is 2. The Kier molecular flexibility index (Phi) is 5.34. The number of hydrogen-bond acceptors (Lipinski definition) is 4. The van der Waals surface area contributed by atoms with E-state index in [0.717, 1.165) is 11.8 Å². The molecule has 3 aromatic rings. The van der Waals surface area contributed by atoms with Gasteiger partial charge >= 0.3 is 0 Å². The maximum atomic E-state index is 12.5. The van der Waals surface area contributed by atoms with Gasteiger partial charge in [-0.05, 0) is 30.7 Å². The van der Waals surface area contributed by atoms with Crippen molar-refractivity contribution in [2.45, 2.75) is 17.9 Å². The maximum absolute atomic E-state index is 12.5. The second-order valence-electron chi connectivity index (χ2n) is 6.20. The van der Waals surface area contributed by atoms with Crippen molar-refractivity contribution in [3.05, 3.63) is 77.1 Å². The smallest absolute Gasteiger partial charge is 0.258 e. The van der Waals surface area contributed by atoms with Gasteiger partial charge in [0.25, 0.3) is 5.91 Å². The molecule has 1 atom stereocenters. The summed E-state index contributed by atoms with van der Waals surface area (Å²) in [5.41, 5.74) is 1.73. The van der Waals surface area contributed by atoms with Crippen molar-refractivity contribution >= 4 is 33.0 Å². The topological polar surface area (TPSA) is 81.1 Å². The summed E-state index contributed by atoms with van der Waals surface area (Å²) in [5.74, 6) is -0.400. The number of carbonyl (C=O) groups excluding carboxylic acids is 1. The maximum Gasteiger partial charge on any atom is 0.258 e. The number of carbonyl (C=O) groups is 1. The molecule has 1 amide bonds. The van der Waals surface area contributed by atoms with Gasteiger partial charge in [-0.15, -0.1) is 0 Å². The fraction of sp³-hybridized carbons (Fsp3) is 0.158. The van der Waals surface area contributed by atoms with Crippen LogP contribution in [0.2, 0.25) is 5.02 Å². The average molecular weight is 404 g/mol. The molecule has 1 N–H and O–H groups in total. The molecule has 6 nitrogen and oxygen atoms in total. The zero-order valence-corrected chi connectivity index (χ0v) is 16.3. The van der Waals surface area contributed by atoms with Gasteiger partial charge < -0.3 is 5.32 Å². The molecule has 0 aliphatic heterocycles. The van der Waals surface area contributed by atoms with Gasteiger partial charge in [0, 0.05) is 23.2 Å². The number of halogens is 1. The fourth-order valence-electron chi connectivity index (χ4n) is 2.60. The van der Waals surface area contributed by atoms with Gasteiger partial charge in [0.1, 0.15) is 0 Å². The van der Waals surface area contributed by atoms with Gasteiger partial charge in [-0.25, -0.2) is 8.42 Å². The predicted octanol–water partition coefficient (Wildman–Crippen LogP) is 3.80. The van der Waals surface area contributed by atoms with E-state index in [1.807, 2.05) is 37.3 Å². The molecule has 0 saturated carbocycles. The van der Waals surface area contributed by atoms with Crippen LogP contribution < -0.4 is 5.32 Å². The minimum atomic E-state index is -3.44. The molecule has 0 spiro atoms. The second kappa shape index (κ2) is 7.54. The Labute approximate surface area is 162 Å². The zero-order chi connectivity index (χ0) is 19.6. The first-order valence-electron chi connectivity index (χ1n) is 8.15. The molecule has 1 heterocycles. The van der Waals surface area contributed by atoms with E-state index in [9.17, 15) is 13.2 Å². The molecule has 0 aliphatic carbocycles.